The summed E-state index contributed by atoms with van der Waals surface area (Å²) in [5.74, 6) is -0.774. The number of thioether (sulfide) groups is 1. The Kier molecular flexibility index (Phi) is 4.97. The van der Waals surface area contributed by atoms with Gasteiger partial charge in [0.2, 0.25) is 5.12 Å². The molecule has 0 aliphatic rings. The molecule has 0 bridgehead atoms. The number of rotatable bonds is 4. The van der Waals surface area contributed by atoms with Gasteiger partial charge in [-0.05, 0) is 13.8 Å². The summed E-state index contributed by atoms with van der Waals surface area (Å²) in [6, 6.07) is 0. The van der Waals surface area contributed by atoms with Crippen molar-refractivity contribution < 1.29 is 24.8 Å². The summed E-state index contributed by atoms with van der Waals surface area (Å²) in [5, 5.41) is 16.1. The molecule has 0 aromatic carbocycles. The minimum Gasteiger partial charge on any atom is -0.396 e. The largest absolute Gasteiger partial charge is 0.396 e. The van der Waals surface area contributed by atoms with Crippen molar-refractivity contribution >= 4 is 22.8 Å². The van der Waals surface area contributed by atoms with Crippen molar-refractivity contribution in [1.82, 2.24) is 0 Å². The van der Waals surface area contributed by atoms with Crippen LogP contribution in [0.1, 0.15) is 13.8 Å². The second kappa shape index (κ2) is 5.21. The summed E-state index contributed by atoms with van der Waals surface area (Å²) < 4.78 is 0. The molecule has 76 valence electrons. The zero-order valence-electron chi connectivity index (χ0n) is 7.44. The number of aliphatic hydroxyl groups is 1. The maximum Gasteiger partial charge on any atom is 0.355 e. The first kappa shape index (κ1) is 12.4. The van der Waals surface area contributed by atoms with Crippen LogP contribution in [0.2, 0.25) is 0 Å². The minimum absolute atomic E-state index is 0.138. The second-order valence-electron chi connectivity index (χ2n) is 2.86. The van der Waals surface area contributed by atoms with Crippen LogP contribution < -0.4 is 0 Å². The molecule has 0 aliphatic heterocycles. The monoisotopic (exact) mass is 208 g/mol. The van der Waals surface area contributed by atoms with Crippen LogP contribution in [0.3, 0.4) is 0 Å². The molecule has 6 heteroatoms. The van der Waals surface area contributed by atoms with Gasteiger partial charge in [-0.15, -0.1) is 0 Å². The van der Waals surface area contributed by atoms with Gasteiger partial charge in [-0.3, -0.25) is 9.68 Å². The van der Waals surface area contributed by atoms with Crippen LogP contribution >= 0.6 is 11.8 Å². The van der Waals surface area contributed by atoms with E-state index in [2.05, 4.69) is 4.89 Å². The zero-order valence-corrected chi connectivity index (χ0v) is 8.26. The maximum absolute atomic E-state index is 11.3. The molecule has 13 heavy (non-hydrogen) atoms. The van der Waals surface area contributed by atoms with Crippen LogP contribution in [0.5, 0.6) is 0 Å². The van der Waals surface area contributed by atoms with E-state index in [4.69, 9.17) is 10.4 Å². The molecule has 0 unspecified atom stereocenters. The molecule has 0 aromatic heterocycles. The van der Waals surface area contributed by atoms with Crippen LogP contribution in [-0.2, 0) is 14.5 Å². The molecule has 0 aliphatic carbocycles. The average molecular weight is 208 g/mol. The van der Waals surface area contributed by atoms with E-state index in [1.54, 1.807) is 0 Å². The van der Waals surface area contributed by atoms with Crippen molar-refractivity contribution in [2.45, 2.75) is 13.8 Å². The molecule has 0 spiro atoms. The summed E-state index contributed by atoms with van der Waals surface area (Å²) in [7, 11) is 0. The minimum atomic E-state index is -1.38. The molecule has 0 amide bonds. The van der Waals surface area contributed by atoms with Gasteiger partial charge in [-0.1, -0.05) is 11.8 Å². The third-order valence-corrected chi connectivity index (χ3v) is 2.59. The molecule has 0 atom stereocenters. The molecule has 5 nitrogen and oxygen atoms in total. The number of aliphatic hydroxyl groups excluding tert-OH is 1. The van der Waals surface area contributed by atoms with Gasteiger partial charge in [0.15, 0.2) is 0 Å². The Morgan fingerprint density at radius 3 is 2.38 bits per heavy atom. The zero-order chi connectivity index (χ0) is 10.5. The highest BCUT2D eigenvalue weighted by Crippen LogP contribution is 2.24. The van der Waals surface area contributed by atoms with E-state index in [0.29, 0.717) is 0 Å². The van der Waals surface area contributed by atoms with E-state index >= 15 is 0 Å². The lowest BCUT2D eigenvalue weighted by Crippen LogP contribution is -2.33. The van der Waals surface area contributed by atoms with Crippen molar-refractivity contribution in [2.75, 3.05) is 12.4 Å². The fourth-order valence-corrected chi connectivity index (χ4v) is 1.24. The predicted molar refractivity (Wildman–Crippen MR) is 47.1 cm³/mol. The van der Waals surface area contributed by atoms with Crippen LogP contribution in [0.4, 0.5) is 0 Å². The van der Waals surface area contributed by atoms with Crippen LogP contribution in [0.25, 0.3) is 0 Å². The highest BCUT2D eigenvalue weighted by Gasteiger charge is 2.38. The van der Waals surface area contributed by atoms with Gasteiger partial charge in [-0.2, -0.15) is 5.26 Å². The van der Waals surface area contributed by atoms with Gasteiger partial charge < -0.3 is 5.11 Å². The fourth-order valence-electron chi connectivity index (χ4n) is 0.516. The number of carbonyl (C=O) groups excluding carboxylic acids is 2. The summed E-state index contributed by atoms with van der Waals surface area (Å²) in [6.07, 6.45) is 0. The lowest BCUT2D eigenvalue weighted by molar-refractivity contribution is -0.242. The van der Waals surface area contributed by atoms with Crippen molar-refractivity contribution in [2.24, 2.45) is 5.41 Å². The molecule has 0 heterocycles. The van der Waals surface area contributed by atoms with Gasteiger partial charge in [0.25, 0.3) is 0 Å². The SMILES string of the molecule is CC(C)(C(=O)OO)C(=O)SCCO. The number of carbonyl (C=O) groups is 2. The van der Waals surface area contributed by atoms with Gasteiger partial charge in [0.05, 0.1) is 6.61 Å². The third-order valence-electron chi connectivity index (χ3n) is 1.43. The van der Waals surface area contributed by atoms with Gasteiger partial charge in [0.1, 0.15) is 5.41 Å². The first-order valence-corrected chi connectivity index (χ1v) is 4.59. The Hall–Kier alpha value is -0.590. The van der Waals surface area contributed by atoms with E-state index < -0.39 is 16.5 Å². The Morgan fingerprint density at radius 2 is 2.00 bits per heavy atom. The van der Waals surface area contributed by atoms with Crippen LogP contribution in [0.15, 0.2) is 0 Å². The Morgan fingerprint density at radius 1 is 1.46 bits per heavy atom. The molecule has 0 saturated heterocycles. The topological polar surface area (TPSA) is 83.8 Å². The Bertz CT molecular complexity index is 201. The molecule has 0 rings (SSSR count). The molecule has 0 fully saturated rings. The second-order valence-corrected chi connectivity index (χ2v) is 3.93. The molecule has 0 aromatic rings. The highest BCUT2D eigenvalue weighted by atomic mass is 32.2. The van der Waals surface area contributed by atoms with E-state index in [1.807, 2.05) is 0 Å². The van der Waals surface area contributed by atoms with Crippen molar-refractivity contribution in [3.05, 3.63) is 0 Å². The van der Waals surface area contributed by atoms with Crippen LogP contribution in [0, 0.1) is 5.41 Å². The average Bonchev–Trinajstić information content (AvgIpc) is 2.12. The third kappa shape index (κ3) is 3.33. The normalized spacial score (nSPS) is 11.1. The predicted octanol–water partition coefficient (Wildman–Crippen LogP) is 0.281. The molecular formula is C7H12O5S. The molecular weight excluding hydrogens is 196 g/mol. The molecule has 0 saturated carbocycles. The van der Waals surface area contributed by atoms with Crippen molar-refractivity contribution in [3.8, 4) is 0 Å². The fraction of sp³-hybridized carbons (Fsp3) is 0.714. The lowest BCUT2D eigenvalue weighted by atomic mass is 9.96. The van der Waals surface area contributed by atoms with E-state index in [-0.39, 0.29) is 12.4 Å². The standard InChI is InChI=1S/C7H12O5S/c1-7(2,5(9)12-11)6(10)13-4-3-8/h8,11H,3-4H2,1-2H3. The van der Waals surface area contributed by atoms with Crippen molar-refractivity contribution in [3.63, 3.8) is 0 Å². The highest BCUT2D eigenvalue weighted by molar-refractivity contribution is 8.13. The summed E-state index contributed by atoms with van der Waals surface area (Å²) in [6.45, 7) is 2.55. The van der Waals surface area contributed by atoms with E-state index in [1.165, 1.54) is 13.8 Å². The molecule has 2 N–H and O–H groups in total. The quantitative estimate of drug-likeness (QED) is 0.392. The number of hydrogen-bond donors (Lipinski definition) is 2. The van der Waals surface area contributed by atoms with Crippen molar-refractivity contribution in [1.29, 1.82) is 0 Å². The lowest BCUT2D eigenvalue weighted by Gasteiger charge is -2.17. The van der Waals surface area contributed by atoms with Gasteiger partial charge in [0, 0.05) is 5.75 Å². The Labute approximate surface area is 80.0 Å². The number of hydrogen-bond acceptors (Lipinski definition) is 6. The first-order valence-electron chi connectivity index (χ1n) is 3.60. The summed E-state index contributed by atoms with van der Waals surface area (Å²) in [5.41, 5.74) is -1.38. The first-order chi connectivity index (χ1) is 5.96. The Balaban J connectivity index is 4.27. The van der Waals surface area contributed by atoms with Gasteiger partial charge >= 0.3 is 5.97 Å². The maximum atomic E-state index is 11.3. The van der Waals surface area contributed by atoms with Crippen LogP contribution in [-0.4, -0.2) is 33.8 Å². The van der Waals surface area contributed by atoms with Gasteiger partial charge in [-0.25, -0.2) is 4.79 Å². The van der Waals surface area contributed by atoms with E-state index in [9.17, 15) is 9.59 Å². The smallest absolute Gasteiger partial charge is 0.355 e. The summed E-state index contributed by atoms with van der Waals surface area (Å²) in [4.78, 5) is 25.6. The van der Waals surface area contributed by atoms with E-state index in [0.717, 1.165) is 11.8 Å². The molecule has 0 radical (unpaired) electrons. The summed E-state index contributed by atoms with van der Waals surface area (Å²) >= 11 is 0.826.